The van der Waals surface area contributed by atoms with Crippen molar-refractivity contribution in [1.82, 2.24) is 20.4 Å². The summed E-state index contributed by atoms with van der Waals surface area (Å²) in [5, 5.41) is 10.8. The van der Waals surface area contributed by atoms with Crippen LogP contribution in [0, 0.1) is 11.8 Å². The Kier molecular flexibility index (Phi) is 4.29. The minimum atomic E-state index is 0.137. The van der Waals surface area contributed by atoms with Crippen LogP contribution in [0.1, 0.15) is 45.6 Å². The van der Waals surface area contributed by atoms with Gasteiger partial charge in [0.2, 0.25) is 5.91 Å². The number of nitrogens with one attached hydrogen (secondary N) is 2. The lowest BCUT2D eigenvalue weighted by atomic mass is 10.1. The van der Waals surface area contributed by atoms with Gasteiger partial charge in [-0.15, -0.1) is 0 Å². The van der Waals surface area contributed by atoms with Crippen molar-refractivity contribution in [3.63, 3.8) is 0 Å². The van der Waals surface area contributed by atoms with E-state index in [1.165, 1.54) is 25.7 Å². The van der Waals surface area contributed by atoms with Crippen molar-refractivity contribution in [2.75, 3.05) is 6.54 Å². The first-order valence-electron chi connectivity index (χ1n) is 8.17. The molecule has 1 heterocycles. The third-order valence-corrected chi connectivity index (χ3v) is 4.84. The molecule has 0 aromatic carbocycles. The molecule has 2 aliphatic rings. The van der Waals surface area contributed by atoms with E-state index in [1.54, 1.807) is 6.20 Å². The van der Waals surface area contributed by atoms with Crippen molar-refractivity contribution in [1.29, 1.82) is 0 Å². The Morgan fingerprint density at radius 1 is 1.29 bits per heavy atom. The van der Waals surface area contributed by atoms with Gasteiger partial charge in [0.05, 0.1) is 12.6 Å². The van der Waals surface area contributed by atoms with Crippen molar-refractivity contribution in [2.45, 2.75) is 57.7 Å². The van der Waals surface area contributed by atoms with Crippen molar-refractivity contribution in [3.8, 4) is 0 Å². The van der Waals surface area contributed by atoms with Gasteiger partial charge in [-0.1, -0.05) is 0 Å². The predicted octanol–water partition coefficient (Wildman–Crippen LogP) is 1.73. The highest BCUT2D eigenvalue weighted by atomic mass is 16.2. The van der Waals surface area contributed by atoms with Gasteiger partial charge in [0.25, 0.3) is 0 Å². The van der Waals surface area contributed by atoms with Gasteiger partial charge in [-0.05, 0) is 57.4 Å². The standard InChI is InChI=1S/C16H26N4O/c1-11(12(2)20-9-3-8-18-20)17-10-15(21)19-16(13-4-5-13)14-6-7-14/h3,8-9,11-14,16-17H,4-7,10H2,1-2H3,(H,19,21)/t11-,12+/m0/s1. The number of amides is 1. The molecule has 0 unspecified atom stereocenters. The first-order valence-corrected chi connectivity index (χ1v) is 8.17. The highest BCUT2D eigenvalue weighted by Gasteiger charge is 2.42. The van der Waals surface area contributed by atoms with Crippen LogP contribution in [-0.4, -0.2) is 34.3 Å². The maximum Gasteiger partial charge on any atom is 0.234 e. The average Bonchev–Trinajstić information content (AvgIpc) is 3.41. The van der Waals surface area contributed by atoms with Gasteiger partial charge < -0.3 is 10.6 Å². The van der Waals surface area contributed by atoms with Gasteiger partial charge in [0.1, 0.15) is 0 Å². The lowest BCUT2D eigenvalue weighted by Gasteiger charge is -2.23. The summed E-state index contributed by atoms with van der Waals surface area (Å²) in [7, 11) is 0. The molecule has 0 radical (unpaired) electrons. The van der Waals surface area contributed by atoms with Crippen LogP contribution in [0.5, 0.6) is 0 Å². The summed E-state index contributed by atoms with van der Waals surface area (Å²) in [5.41, 5.74) is 0. The van der Waals surface area contributed by atoms with Crippen LogP contribution >= 0.6 is 0 Å². The summed E-state index contributed by atoms with van der Waals surface area (Å²) >= 11 is 0. The van der Waals surface area contributed by atoms with Crippen LogP contribution in [0.2, 0.25) is 0 Å². The number of aromatic nitrogens is 2. The first kappa shape index (κ1) is 14.6. The van der Waals surface area contributed by atoms with Crippen LogP contribution < -0.4 is 10.6 Å². The van der Waals surface area contributed by atoms with E-state index in [0.29, 0.717) is 12.6 Å². The summed E-state index contributed by atoms with van der Waals surface area (Å²) in [6.45, 7) is 4.60. The molecule has 1 aromatic heterocycles. The molecule has 2 fully saturated rings. The van der Waals surface area contributed by atoms with E-state index in [9.17, 15) is 4.79 Å². The van der Waals surface area contributed by atoms with Crippen molar-refractivity contribution >= 4 is 5.91 Å². The third-order valence-electron chi connectivity index (χ3n) is 4.84. The first-order chi connectivity index (χ1) is 10.1. The van der Waals surface area contributed by atoms with Crippen LogP contribution in [0.25, 0.3) is 0 Å². The second-order valence-corrected chi connectivity index (χ2v) is 6.66. The molecule has 2 N–H and O–H groups in total. The van der Waals surface area contributed by atoms with E-state index in [4.69, 9.17) is 0 Å². The van der Waals surface area contributed by atoms with Crippen LogP contribution in [0.4, 0.5) is 0 Å². The average molecular weight is 290 g/mol. The second kappa shape index (κ2) is 6.18. The van der Waals surface area contributed by atoms with E-state index in [0.717, 1.165) is 11.8 Å². The van der Waals surface area contributed by atoms with E-state index < -0.39 is 0 Å². The van der Waals surface area contributed by atoms with Gasteiger partial charge in [0, 0.05) is 24.5 Å². The van der Waals surface area contributed by atoms with E-state index >= 15 is 0 Å². The quantitative estimate of drug-likeness (QED) is 0.766. The Morgan fingerprint density at radius 2 is 1.95 bits per heavy atom. The zero-order chi connectivity index (χ0) is 14.8. The second-order valence-electron chi connectivity index (χ2n) is 6.66. The molecular weight excluding hydrogens is 264 g/mol. The highest BCUT2D eigenvalue weighted by molar-refractivity contribution is 5.78. The molecule has 1 aromatic rings. The predicted molar refractivity (Wildman–Crippen MR) is 81.8 cm³/mol. The van der Waals surface area contributed by atoms with Gasteiger partial charge in [0.15, 0.2) is 0 Å². The topological polar surface area (TPSA) is 59.0 Å². The normalized spacial score (nSPS) is 21.3. The lowest BCUT2D eigenvalue weighted by molar-refractivity contribution is -0.121. The molecule has 21 heavy (non-hydrogen) atoms. The molecule has 0 saturated heterocycles. The Balaban J connectivity index is 1.42. The Morgan fingerprint density at radius 3 is 2.48 bits per heavy atom. The monoisotopic (exact) mass is 290 g/mol. The number of nitrogens with zero attached hydrogens (tertiary/aromatic N) is 2. The molecule has 2 atom stereocenters. The Labute approximate surface area is 126 Å². The zero-order valence-electron chi connectivity index (χ0n) is 13.0. The minimum Gasteiger partial charge on any atom is -0.352 e. The number of hydrogen-bond acceptors (Lipinski definition) is 3. The number of carbonyl (C=O) groups is 1. The van der Waals surface area contributed by atoms with Crippen LogP contribution in [0.15, 0.2) is 18.5 Å². The van der Waals surface area contributed by atoms with Gasteiger partial charge >= 0.3 is 0 Å². The molecule has 1 amide bonds. The van der Waals surface area contributed by atoms with Crippen molar-refractivity contribution in [3.05, 3.63) is 18.5 Å². The Bertz CT molecular complexity index is 453. The SMILES string of the molecule is C[C@H](NCC(=O)NC(C1CC1)C1CC1)[C@@H](C)n1cccn1. The fraction of sp³-hybridized carbons (Fsp3) is 0.750. The summed E-state index contributed by atoms with van der Waals surface area (Å²) in [6.07, 6.45) is 8.91. The molecule has 116 valence electrons. The fourth-order valence-electron chi connectivity index (χ4n) is 2.94. The maximum atomic E-state index is 12.1. The van der Waals surface area contributed by atoms with Gasteiger partial charge in [-0.3, -0.25) is 9.48 Å². The van der Waals surface area contributed by atoms with E-state index in [1.807, 2.05) is 16.9 Å². The highest BCUT2D eigenvalue weighted by Crippen LogP contribution is 2.44. The summed E-state index contributed by atoms with van der Waals surface area (Å²) in [4.78, 5) is 12.1. The van der Waals surface area contributed by atoms with Crippen molar-refractivity contribution < 1.29 is 4.79 Å². The number of rotatable bonds is 8. The molecular formula is C16H26N4O. The molecule has 3 rings (SSSR count). The lowest BCUT2D eigenvalue weighted by Crippen LogP contribution is -2.45. The third kappa shape index (κ3) is 3.84. The van der Waals surface area contributed by atoms with Crippen LogP contribution in [0.3, 0.4) is 0 Å². The molecule has 0 aliphatic heterocycles. The number of hydrogen-bond donors (Lipinski definition) is 2. The maximum absolute atomic E-state index is 12.1. The van der Waals surface area contributed by atoms with Gasteiger partial charge in [-0.2, -0.15) is 5.10 Å². The molecule has 0 bridgehead atoms. The summed E-state index contributed by atoms with van der Waals surface area (Å²) in [6, 6.07) is 2.80. The molecule has 5 nitrogen and oxygen atoms in total. The summed E-state index contributed by atoms with van der Waals surface area (Å²) in [5.74, 6) is 1.64. The molecule has 5 heteroatoms. The van der Waals surface area contributed by atoms with E-state index in [-0.39, 0.29) is 18.0 Å². The van der Waals surface area contributed by atoms with E-state index in [2.05, 4.69) is 29.6 Å². The molecule has 2 aliphatic carbocycles. The zero-order valence-corrected chi connectivity index (χ0v) is 13.0. The number of carbonyl (C=O) groups excluding carboxylic acids is 1. The molecule has 2 saturated carbocycles. The fourth-order valence-corrected chi connectivity index (χ4v) is 2.94. The Hall–Kier alpha value is -1.36. The van der Waals surface area contributed by atoms with Gasteiger partial charge in [-0.25, -0.2) is 0 Å². The minimum absolute atomic E-state index is 0.137. The van der Waals surface area contributed by atoms with Crippen molar-refractivity contribution in [2.24, 2.45) is 11.8 Å². The largest absolute Gasteiger partial charge is 0.352 e. The van der Waals surface area contributed by atoms with Crippen LogP contribution in [-0.2, 0) is 4.79 Å². The molecule has 0 spiro atoms. The summed E-state index contributed by atoms with van der Waals surface area (Å²) < 4.78 is 1.92. The smallest absolute Gasteiger partial charge is 0.234 e.